The molecule has 1 N–H and O–H groups in total. The number of aryl methyl sites for hydroxylation is 2. The summed E-state index contributed by atoms with van der Waals surface area (Å²) in [5.74, 6) is 1.73. The highest BCUT2D eigenvalue weighted by Crippen LogP contribution is 2.24. The summed E-state index contributed by atoms with van der Waals surface area (Å²) in [5.41, 5.74) is 1.87. The lowest BCUT2D eigenvalue weighted by atomic mass is 9.97. The Hall–Kier alpha value is -1.62. The average Bonchev–Trinajstić information content (AvgIpc) is 2.87. The zero-order valence-electron chi connectivity index (χ0n) is 14.8. The molecule has 4 nitrogen and oxygen atoms in total. The van der Waals surface area contributed by atoms with Gasteiger partial charge in [0.05, 0.1) is 12.1 Å². The van der Waals surface area contributed by atoms with Crippen LogP contribution in [0.15, 0.2) is 33.2 Å². The van der Waals surface area contributed by atoms with Crippen molar-refractivity contribution in [3.63, 3.8) is 0 Å². The second-order valence-electron chi connectivity index (χ2n) is 7.03. The van der Waals surface area contributed by atoms with Gasteiger partial charge in [-0.3, -0.25) is 4.79 Å². The van der Waals surface area contributed by atoms with Gasteiger partial charge in [0.2, 0.25) is 5.91 Å². The number of rotatable bonds is 6. The first-order chi connectivity index (χ1) is 11.3. The van der Waals surface area contributed by atoms with E-state index >= 15 is 0 Å². The van der Waals surface area contributed by atoms with E-state index in [9.17, 15) is 4.79 Å². The number of hydrogen-bond donors (Lipinski definition) is 1. The Kier molecular flexibility index (Phi) is 6.21. The fraction of sp³-hybridized carbons (Fsp3) is 0.474. The summed E-state index contributed by atoms with van der Waals surface area (Å²) < 4.78 is 6.88. The molecule has 1 aromatic heterocycles. The normalized spacial score (nSPS) is 11.5. The standard InChI is InChI=1S/C19H25BrN2O2/c1-13-16(24-18(22-13)19(2,3)4)6-5-11-21-17(23)12-14-7-9-15(20)10-8-14/h7-10H,5-6,11-12H2,1-4H3,(H,21,23). The summed E-state index contributed by atoms with van der Waals surface area (Å²) in [6.45, 7) is 8.87. The zero-order chi connectivity index (χ0) is 17.7. The number of aromatic nitrogens is 1. The lowest BCUT2D eigenvalue weighted by Gasteiger charge is -2.12. The minimum atomic E-state index is -0.0814. The highest BCUT2D eigenvalue weighted by atomic mass is 79.9. The van der Waals surface area contributed by atoms with E-state index in [0.717, 1.165) is 40.2 Å². The van der Waals surface area contributed by atoms with Crippen molar-refractivity contribution in [1.29, 1.82) is 0 Å². The average molecular weight is 393 g/mol. The zero-order valence-corrected chi connectivity index (χ0v) is 16.4. The first-order valence-corrected chi connectivity index (χ1v) is 9.03. The van der Waals surface area contributed by atoms with Gasteiger partial charge in [-0.2, -0.15) is 0 Å². The number of nitrogens with zero attached hydrogens (tertiary/aromatic N) is 1. The first kappa shape index (κ1) is 18.7. The van der Waals surface area contributed by atoms with Crippen LogP contribution in [-0.2, 0) is 23.1 Å². The fourth-order valence-electron chi connectivity index (χ4n) is 2.31. The van der Waals surface area contributed by atoms with E-state index in [2.05, 4.69) is 47.0 Å². The third kappa shape index (κ3) is 5.48. The number of oxazole rings is 1. The molecule has 24 heavy (non-hydrogen) atoms. The van der Waals surface area contributed by atoms with Gasteiger partial charge in [-0.05, 0) is 31.0 Å². The van der Waals surface area contributed by atoms with Crippen molar-refractivity contribution in [3.8, 4) is 0 Å². The molecular weight excluding hydrogens is 368 g/mol. The molecule has 2 rings (SSSR count). The predicted octanol–water partition coefficient (Wildman–Crippen LogP) is 4.33. The van der Waals surface area contributed by atoms with Crippen LogP contribution in [-0.4, -0.2) is 17.4 Å². The third-order valence-corrected chi connectivity index (χ3v) is 4.24. The molecule has 0 atom stereocenters. The summed E-state index contributed by atoms with van der Waals surface area (Å²) in [4.78, 5) is 16.5. The van der Waals surface area contributed by atoms with Gasteiger partial charge in [0.1, 0.15) is 5.76 Å². The van der Waals surface area contributed by atoms with Crippen molar-refractivity contribution in [1.82, 2.24) is 10.3 Å². The number of halogens is 1. The van der Waals surface area contributed by atoms with Gasteiger partial charge in [-0.1, -0.05) is 48.8 Å². The Labute approximate surface area is 152 Å². The first-order valence-electron chi connectivity index (χ1n) is 8.23. The molecular formula is C19H25BrN2O2. The lowest BCUT2D eigenvalue weighted by molar-refractivity contribution is -0.120. The molecule has 1 amide bonds. The molecule has 0 aliphatic rings. The molecule has 0 aliphatic carbocycles. The quantitative estimate of drug-likeness (QED) is 0.743. The van der Waals surface area contributed by atoms with Gasteiger partial charge in [-0.15, -0.1) is 0 Å². The monoisotopic (exact) mass is 392 g/mol. The maximum atomic E-state index is 12.0. The number of hydrogen-bond acceptors (Lipinski definition) is 3. The van der Waals surface area contributed by atoms with E-state index in [1.807, 2.05) is 31.2 Å². The fourth-order valence-corrected chi connectivity index (χ4v) is 2.57. The number of carbonyl (C=O) groups is 1. The van der Waals surface area contributed by atoms with Crippen molar-refractivity contribution in [2.45, 2.75) is 52.4 Å². The number of nitrogens with one attached hydrogen (secondary N) is 1. The van der Waals surface area contributed by atoms with Gasteiger partial charge in [0.25, 0.3) is 0 Å². The second kappa shape index (κ2) is 7.97. The summed E-state index contributed by atoms with van der Waals surface area (Å²) in [5, 5.41) is 2.96. The minimum absolute atomic E-state index is 0.0435. The van der Waals surface area contributed by atoms with Crippen LogP contribution < -0.4 is 5.32 Å². The summed E-state index contributed by atoms with van der Waals surface area (Å²) in [6, 6.07) is 7.80. The largest absolute Gasteiger partial charge is 0.445 e. The van der Waals surface area contributed by atoms with E-state index in [-0.39, 0.29) is 11.3 Å². The highest BCUT2D eigenvalue weighted by Gasteiger charge is 2.21. The van der Waals surface area contributed by atoms with Crippen molar-refractivity contribution in [2.75, 3.05) is 6.54 Å². The van der Waals surface area contributed by atoms with Crippen molar-refractivity contribution < 1.29 is 9.21 Å². The van der Waals surface area contributed by atoms with Gasteiger partial charge >= 0.3 is 0 Å². The molecule has 0 aliphatic heterocycles. The van der Waals surface area contributed by atoms with Crippen LogP contribution in [0.2, 0.25) is 0 Å². The van der Waals surface area contributed by atoms with Gasteiger partial charge in [-0.25, -0.2) is 4.98 Å². The Morgan fingerprint density at radius 1 is 1.25 bits per heavy atom. The van der Waals surface area contributed by atoms with Crippen LogP contribution in [0.4, 0.5) is 0 Å². The summed E-state index contributed by atoms with van der Waals surface area (Å²) in [7, 11) is 0. The lowest BCUT2D eigenvalue weighted by Crippen LogP contribution is -2.26. The molecule has 0 unspecified atom stereocenters. The Morgan fingerprint density at radius 3 is 2.50 bits per heavy atom. The Morgan fingerprint density at radius 2 is 1.92 bits per heavy atom. The van der Waals surface area contributed by atoms with Gasteiger partial charge in [0.15, 0.2) is 5.89 Å². The Bertz CT molecular complexity index is 684. The molecule has 0 bridgehead atoms. The van der Waals surface area contributed by atoms with E-state index in [1.165, 1.54) is 0 Å². The second-order valence-corrected chi connectivity index (χ2v) is 7.95. The third-order valence-electron chi connectivity index (χ3n) is 3.71. The molecule has 0 radical (unpaired) electrons. The smallest absolute Gasteiger partial charge is 0.224 e. The number of carbonyl (C=O) groups excluding carboxylic acids is 1. The molecule has 5 heteroatoms. The topological polar surface area (TPSA) is 55.1 Å². The highest BCUT2D eigenvalue weighted by molar-refractivity contribution is 9.10. The van der Waals surface area contributed by atoms with E-state index < -0.39 is 0 Å². The summed E-state index contributed by atoms with van der Waals surface area (Å²) in [6.07, 6.45) is 2.03. The van der Waals surface area contributed by atoms with Crippen LogP contribution in [0.1, 0.15) is 50.1 Å². The van der Waals surface area contributed by atoms with Gasteiger partial charge in [0, 0.05) is 22.9 Å². The SMILES string of the molecule is Cc1nc(C(C)(C)C)oc1CCCNC(=O)Cc1ccc(Br)cc1. The Balaban J connectivity index is 1.75. The van der Waals surface area contributed by atoms with Crippen LogP contribution >= 0.6 is 15.9 Å². The van der Waals surface area contributed by atoms with E-state index in [4.69, 9.17) is 4.42 Å². The van der Waals surface area contributed by atoms with Crippen molar-refractivity contribution in [3.05, 3.63) is 51.6 Å². The molecule has 0 spiro atoms. The summed E-state index contributed by atoms with van der Waals surface area (Å²) >= 11 is 3.39. The maximum Gasteiger partial charge on any atom is 0.224 e. The minimum Gasteiger partial charge on any atom is -0.445 e. The maximum absolute atomic E-state index is 12.0. The molecule has 0 saturated heterocycles. The van der Waals surface area contributed by atoms with E-state index in [0.29, 0.717) is 13.0 Å². The molecule has 1 heterocycles. The molecule has 0 saturated carbocycles. The number of amides is 1. The van der Waals surface area contributed by atoms with Crippen molar-refractivity contribution >= 4 is 21.8 Å². The predicted molar refractivity (Wildman–Crippen MR) is 99.1 cm³/mol. The van der Waals surface area contributed by atoms with E-state index in [1.54, 1.807) is 0 Å². The van der Waals surface area contributed by atoms with Crippen LogP contribution in [0.5, 0.6) is 0 Å². The van der Waals surface area contributed by atoms with Crippen LogP contribution in [0, 0.1) is 6.92 Å². The van der Waals surface area contributed by atoms with Crippen LogP contribution in [0.25, 0.3) is 0 Å². The molecule has 130 valence electrons. The van der Waals surface area contributed by atoms with Gasteiger partial charge < -0.3 is 9.73 Å². The molecule has 2 aromatic rings. The van der Waals surface area contributed by atoms with Crippen LogP contribution in [0.3, 0.4) is 0 Å². The van der Waals surface area contributed by atoms with Crippen molar-refractivity contribution in [2.24, 2.45) is 0 Å². The molecule has 1 aromatic carbocycles. The molecule has 0 fully saturated rings. The number of benzene rings is 1.